The van der Waals surface area contributed by atoms with Crippen LogP contribution in [0.5, 0.6) is 11.5 Å². The molecule has 1 aromatic heterocycles. The number of pyridine rings is 1. The van der Waals surface area contributed by atoms with Gasteiger partial charge in [0.2, 0.25) is 0 Å². The Balaban J connectivity index is 1.69. The Hall–Kier alpha value is -3.62. The Bertz CT molecular complexity index is 1290. The summed E-state index contributed by atoms with van der Waals surface area (Å²) in [6, 6.07) is 25.8. The van der Waals surface area contributed by atoms with E-state index < -0.39 is 0 Å². The number of hydrogen-bond acceptors (Lipinski definition) is 4. The highest BCUT2D eigenvalue weighted by molar-refractivity contribution is 9.10. The number of fused-ring (bicyclic) bond motifs is 1. The zero-order valence-corrected chi connectivity index (χ0v) is 18.5. The van der Waals surface area contributed by atoms with E-state index in [4.69, 9.17) is 9.47 Å². The number of benzene rings is 3. The molecular weight excluding hydrogens is 452 g/mol. The highest BCUT2D eigenvalue weighted by atomic mass is 79.9. The average molecular weight is 471 g/mol. The van der Waals surface area contributed by atoms with Gasteiger partial charge in [-0.05, 0) is 62.6 Å². The summed E-state index contributed by atoms with van der Waals surface area (Å²) in [5, 5.41) is 12.0. The SMILES string of the molecule is COc1cc(/C=C(/C#N)c2cccc3ccccc23)cc(Br)c1OCc1ccccn1. The molecule has 0 aliphatic heterocycles. The van der Waals surface area contributed by atoms with Crippen molar-refractivity contribution in [3.8, 4) is 17.6 Å². The van der Waals surface area contributed by atoms with Crippen molar-refractivity contribution >= 4 is 38.4 Å². The Morgan fingerprint density at radius 3 is 2.65 bits per heavy atom. The predicted molar refractivity (Wildman–Crippen MR) is 127 cm³/mol. The number of methoxy groups -OCH3 is 1. The minimum absolute atomic E-state index is 0.324. The van der Waals surface area contributed by atoms with E-state index in [1.54, 1.807) is 13.3 Å². The summed E-state index contributed by atoms with van der Waals surface area (Å²) < 4.78 is 12.3. The van der Waals surface area contributed by atoms with Crippen molar-refractivity contribution in [2.75, 3.05) is 7.11 Å². The molecule has 0 fully saturated rings. The van der Waals surface area contributed by atoms with Crippen molar-refractivity contribution in [2.24, 2.45) is 0 Å². The van der Waals surface area contributed by atoms with Gasteiger partial charge in [0.25, 0.3) is 0 Å². The van der Waals surface area contributed by atoms with Crippen LogP contribution in [0.3, 0.4) is 0 Å². The number of nitriles is 1. The van der Waals surface area contributed by atoms with E-state index in [-0.39, 0.29) is 0 Å². The molecule has 0 N–H and O–H groups in total. The van der Waals surface area contributed by atoms with E-state index >= 15 is 0 Å². The Labute approximate surface area is 189 Å². The molecule has 4 rings (SSSR count). The van der Waals surface area contributed by atoms with E-state index in [1.807, 2.05) is 78.9 Å². The van der Waals surface area contributed by atoms with Gasteiger partial charge in [-0.1, -0.05) is 48.5 Å². The van der Waals surface area contributed by atoms with Crippen molar-refractivity contribution in [3.63, 3.8) is 0 Å². The lowest BCUT2D eigenvalue weighted by Crippen LogP contribution is -2.00. The van der Waals surface area contributed by atoms with Crippen LogP contribution in [-0.2, 0) is 6.61 Å². The molecule has 0 amide bonds. The first kappa shape index (κ1) is 20.6. The van der Waals surface area contributed by atoms with Crippen molar-refractivity contribution in [1.82, 2.24) is 4.98 Å². The topological polar surface area (TPSA) is 55.1 Å². The van der Waals surface area contributed by atoms with Crippen molar-refractivity contribution in [1.29, 1.82) is 5.26 Å². The lowest BCUT2D eigenvalue weighted by atomic mass is 9.97. The molecule has 0 atom stereocenters. The summed E-state index contributed by atoms with van der Waals surface area (Å²) in [6.45, 7) is 0.324. The van der Waals surface area contributed by atoms with Crippen LogP contribution in [-0.4, -0.2) is 12.1 Å². The van der Waals surface area contributed by atoms with Gasteiger partial charge in [0.05, 0.1) is 28.9 Å². The first-order valence-corrected chi connectivity index (χ1v) is 10.5. The third-order valence-corrected chi connectivity index (χ3v) is 5.44. The smallest absolute Gasteiger partial charge is 0.175 e. The molecule has 0 aliphatic rings. The maximum atomic E-state index is 9.87. The van der Waals surface area contributed by atoms with Crippen molar-refractivity contribution < 1.29 is 9.47 Å². The third kappa shape index (κ3) is 4.60. The molecule has 0 radical (unpaired) electrons. The predicted octanol–water partition coefficient (Wildman–Crippen LogP) is 6.65. The van der Waals surface area contributed by atoms with Crippen LogP contribution in [0.1, 0.15) is 16.8 Å². The minimum atomic E-state index is 0.324. The largest absolute Gasteiger partial charge is 0.493 e. The molecule has 4 nitrogen and oxygen atoms in total. The van der Waals surface area contributed by atoms with Crippen molar-refractivity contribution in [2.45, 2.75) is 6.61 Å². The number of ether oxygens (including phenoxy) is 2. The van der Waals surface area contributed by atoms with Crippen molar-refractivity contribution in [3.05, 3.63) is 100 Å². The number of allylic oxidation sites excluding steroid dienone is 1. The summed E-state index contributed by atoms with van der Waals surface area (Å²) in [6.07, 6.45) is 3.59. The summed E-state index contributed by atoms with van der Waals surface area (Å²) >= 11 is 3.58. The second-order valence-corrected chi connectivity index (χ2v) is 7.69. The first-order valence-electron chi connectivity index (χ1n) is 9.70. The van der Waals surface area contributed by atoms with Crippen LogP contribution in [0, 0.1) is 11.3 Å². The molecule has 3 aromatic carbocycles. The van der Waals surface area contributed by atoms with Gasteiger partial charge in [0, 0.05) is 11.8 Å². The molecule has 0 unspecified atom stereocenters. The summed E-state index contributed by atoms with van der Waals surface area (Å²) in [7, 11) is 1.60. The fourth-order valence-electron chi connectivity index (χ4n) is 3.39. The Kier molecular flexibility index (Phi) is 6.30. The zero-order chi connectivity index (χ0) is 21.6. The molecule has 0 saturated carbocycles. The standard InChI is InChI=1S/C26H19BrN2O2/c1-30-25-15-18(14-24(27)26(25)31-17-21-9-4-5-12-29-21)13-20(16-28)23-11-6-8-19-7-2-3-10-22(19)23/h2-15H,17H2,1H3/b20-13-. The van der Waals surface area contributed by atoms with E-state index in [1.165, 1.54) is 0 Å². The molecule has 0 spiro atoms. The summed E-state index contributed by atoms with van der Waals surface area (Å²) in [4.78, 5) is 4.28. The van der Waals surface area contributed by atoms with Gasteiger partial charge in [0.15, 0.2) is 11.5 Å². The zero-order valence-electron chi connectivity index (χ0n) is 16.9. The quantitative estimate of drug-likeness (QED) is 0.233. The molecule has 0 bridgehead atoms. The second-order valence-electron chi connectivity index (χ2n) is 6.84. The molecule has 0 saturated heterocycles. The van der Waals surface area contributed by atoms with Gasteiger partial charge in [-0.3, -0.25) is 4.98 Å². The monoisotopic (exact) mass is 470 g/mol. The van der Waals surface area contributed by atoms with Crippen LogP contribution in [0.4, 0.5) is 0 Å². The number of rotatable bonds is 6. The van der Waals surface area contributed by atoms with Crippen LogP contribution >= 0.6 is 15.9 Å². The van der Waals surface area contributed by atoms with Gasteiger partial charge in [-0.25, -0.2) is 0 Å². The Morgan fingerprint density at radius 1 is 1.06 bits per heavy atom. The van der Waals surface area contributed by atoms with Crippen LogP contribution in [0.15, 0.2) is 83.5 Å². The number of aromatic nitrogens is 1. The van der Waals surface area contributed by atoms with E-state index in [0.29, 0.717) is 23.7 Å². The van der Waals surface area contributed by atoms with Gasteiger partial charge in [-0.15, -0.1) is 0 Å². The van der Waals surface area contributed by atoms with Gasteiger partial charge in [-0.2, -0.15) is 5.26 Å². The maximum absolute atomic E-state index is 9.87. The summed E-state index contributed by atoms with van der Waals surface area (Å²) in [5.41, 5.74) is 3.13. The number of hydrogen-bond donors (Lipinski definition) is 0. The molecule has 1 heterocycles. The van der Waals surface area contributed by atoms with E-state index in [2.05, 4.69) is 27.0 Å². The molecular formula is C26H19BrN2O2. The fourth-order valence-corrected chi connectivity index (χ4v) is 3.96. The molecule has 152 valence electrons. The van der Waals surface area contributed by atoms with Crippen LogP contribution < -0.4 is 9.47 Å². The normalized spacial score (nSPS) is 11.2. The first-order chi connectivity index (χ1) is 15.2. The fraction of sp³-hybridized carbons (Fsp3) is 0.0769. The van der Waals surface area contributed by atoms with Crippen LogP contribution in [0.2, 0.25) is 0 Å². The minimum Gasteiger partial charge on any atom is -0.493 e. The summed E-state index contributed by atoms with van der Waals surface area (Å²) in [5.74, 6) is 1.17. The lowest BCUT2D eigenvalue weighted by Gasteiger charge is -2.14. The van der Waals surface area contributed by atoms with E-state index in [0.717, 1.165) is 32.1 Å². The van der Waals surface area contributed by atoms with Gasteiger partial charge in [0.1, 0.15) is 6.61 Å². The number of nitrogens with zero attached hydrogens (tertiary/aromatic N) is 2. The third-order valence-electron chi connectivity index (χ3n) is 4.85. The molecule has 4 aromatic rings. The number of halogens is 1. The van der Waals surface area contributed by atoms with Gasteiger partial charge >= 0.3 is 0 Å². The van der Waals surface area contributed by atoms with Crippen LogP contribution in [0.25, 0.3) is 22.4 Å². The second kappa shape index (κ2) is 9.46. The lowest BCUT2D eigenvalue weighted by molar-refractivity contribution is 0.279. The Morgan fingerprint density at radius 2 is 1.87 bits per heavy atom. The maximum Gasteiger partial charge on any atom is 0.175 e. The molecule has 0 aliphatic carbocycles. The van der Waals surface area contributed by atoms with Gasteiger partial charge < -0.3 is 9.47 Å². The highest BCUT2D eigenvalue weighted by Gasteiger charge is 2.13. The molecule has 5 heteroatoms. The van der Waals surface area contributed by atoms with E-state index in [9.17, 15) is 5.26 Å². The molecule has 31 heavy (non-hydrogen) atoms. The highest BCUT2D eigenvalue weighted by Crippen LogP contribution is 2.38. The average Bonchev–Trinajstić information content (AvgIpc) is 2.82.